The van der Waals surface area contributed by atoms with Crippen LogP contribution in [0.1, 0.15) is 5.56 Å². The van der Waals surface area contributed by atoms with Crippen molar-refractivity contribution in [1.29, 1.82) is 0 Å². The van der Waals surface area contributed by atoms with Crippen LogP contribution in [0, 0.1) is 5.82 Å². The minimum Gasteiger partial charge on any atom is -0.504 e. The largest absolute Gasteiger partial charge is 0.504 e. The Morgan fingerprint density at radius 2 is 2.05 bits per heavy atom. The fraction of sp³-hybridized carbons (Fsp3) is 0.143. The third kappa shape index (κ3) is 3.29. The van der Waals surface area contributed by atoms with Crippen molar-refractivity contribution in [1.82, 2.24) is 0 Å². The molecule has 0 fully saturated rings. The van der Waals surface area contributed by atoms with Gasteiger partial charge in [-0.3, -0.25) is 0 Å². The summed E-state index contributed by atoms with van der Waals surface area (Å²) in [5, 5.41) is 12.8. The third-order valence-electron chi connectivity index (χ3n) is 2.66. The van der Waals surface area contributed by atoms with Crippen molar-refractivity contribution < 1.29 is 14.2 Å². The number of hydrogen-bond donors (Lipinski definition) is 2. The summed E-state index contributed by atoms with van der Waals surface area (Å²) in [5.41, 5.74) is 1.24. The minimum atomic E-state index is -0.404. The number of phenolic OH excluding ortho intramolecular Hbond substituents is 1. The molecule has 0 spiro atoms. The number of hydrogen-bond acceptors (Lipinski definition) is 3. The van der Waals surface area contributed by atoms with Crippen LogP contribution in [0.2, 0.25) is 5.02 Å². The quantitative estimate of drug-likeness (QED) is 0.895. The maximum Gasteiger partial charge on any atom is 0.160 e. The number of aromatic hydroxyl groups is 1. The Morgan fingerprint density at radius 1 is 1.26 bits per heavy atom. The Morgan fingerprint density at radius 3 is 2.74 bits per heavy atom. The smallest absolute Gasteiger partial charge is 0.160 e. The Bertz CT molecular complexity index is 590. The fourth-order valence-corrected chi connectivity index (χ4v) is 1.82. The lowest BCUT2D eigenvalue weighted by Crippen LogP contribution is -2.01. The van der Waals surface area contributed by atoms with Crippen molar-refractivity contribution in [3.05, 3.63) is 52.8 Å². The van der Waals surface area contributed by atoms with Crippen molar-refractivity contribution >= 4 is 17.3 Å². The first kappa shape index (κ1) is 13.5. The van der Waals surface area contributed by atoms with Gasteiger partial charge in [-0.05, 0) is 35.9 Å². The van der Waals surface area contributed by atoms with E-state index in [-0.39, 0.29) is 5.75 Å². The Labute approximate surface area is 115 Å². The van der Waals surface area contributed by atoms with E-state index in [2.05, 4.69) is 5.32 Å². The molecule has 0 saturated carbocycles. The molecule has 0 heterocycles. The normalized spacial score (nSPS) is 10.3. The molecule has 19 heavy (non-hydrogen) atoms. The summed E-state index contributed by atoms with van der Waals surface area (Å²) in [6.07, 6.45) is 0. The summed E-state index contributed by atoms with van der Waals surface area (Å²) < 4.78 is 18.6. The van der Waals surface area contributed by atoms with Crippen LogP contribution in [0.3, 0.4) is 0 Å². The highest BCUT2D eigenvalue weighted by atomic mass is 35.5. The van der Waals surface area contributed by atoms with E-state index in [4.69, 9.17) is 16.3 Å². The van der Waals surface area contributed by atoms with Crippen LogP contribution < -0.4 is 10.1 Å². The van der Waals surface area contributed by atoms with Gasteiger partial charge in [-0.2, -0.15) is 0 Å². The highest BCUT2D eigenvalue weighted by Crippen LogP contribution is 2.27. The fourth-order valence-electron chi connectivity index (χ4n) is 1.66. The average molecular weight is 282 g/mol. The predicted octanol–water partition coefficient (Wildman–Crippen LogP) is 3.81. The number of halogens is 2. The van der Waals surface area contributed by atoms with Crippen LogP contribution in [-0.2, 0) is 6.54 Å². The Balaban J connectivity index is 2.10. The van der Waals surface area contributed by atoms with Gasteiger partial charge >= 0.3 is 0 Å². The second-order valence-corrected chi connectivity index (χ2v) is 4.42. The lowest BCUT2D eigenvalue weighted by atomic mass is 10.2. The molecule has 0 saturated heterocycles. The van der Waals surface area contributed by atoms with Crippen molar-refractivity contribution in [2.75, 3.05) is 12.4 Å². The number of benzene rings is 2. The van der Waals surface area contributed by atoms with Crippen molar-refractivity contribution in [3.63, 3.8) is 0 Å². The maximum absolute atomic E-state index is 13.6. The zero-order valence-electron chi connectivity index (χ0n) is 10.3. The molecule has 2 aromatic rings. The first-order valence-corrected chi connectivity index (χ1v) is 6.03. The number of ether oxygens (including phenoxy) is 1. The van der Waals surface area contributed by atoms with E-state index in [0.717, 1.165) is 5.56 Å². The average Bonchev–Trinajstić information content (AvgIpc) is 2.39. The second-order valence-electron chi connectivity index (χ2n) is 3.98. The summed E-state index contributed by atoms with van der Waals surface area (Å²) in [6, 6.07) is 9.41. The van der Waals surface area contributed by atoms with Crippen LogP contribution in [0.5, 0.6) is 11.5 Å². The molecule has 2 rings (SSSR count). The minimum absolute atomic E-state index is 0.0731. The molecule has 0 amide bonds. The van der Waals surface area contributed by atoms with Crippen LogP contribution in [0.4, 0.5) is 10.1 Å². The van der Waals surface area contributed by atoms with Crippen LogP contribution in [0.25, 0.3) is 0 Å². The lowest BCUT2D eigenvalue weighted by molar-refractivity contribution is 0.373. The molecule has 0 aliphatic carbocycles. The predicted molar refractivity (Wildman–Crippen MR) is 73.4 cm³/mol. The first-order chi connectivity index (χ1) is 9.10. The van der Waals surface area contributed by atoms with Crippen LogP contribution in [-0.4, -0.2) is 12.2 Å². The standard InChI is InChI=1S/C14H13ClFNO2/c1-19-14-6-9(2-5-13(14)18)8-17-12-4-3-10(15)7-11(12)16/h2-7,17-18H,8H2,1H3. The molecular weight excluding hydrogens is 269 g/mol. The molecule has 0 atom stereocenters. The summed E-state index contributed by atoms with van der Waals surface area (Å²) in [5.74, 6) is 0.0537. The molecule has 0 unspecified atom stereocenters. The van der Waals surface area contributed by atoms with Gasteiger partial charge in [-0.25, -0.2) is 4.39 Å². The van der Waals surface area contributed by atoms with E-state index in [1.54, 1.807) is 24.3 Å². The second kappa shape index (κ2) is 5.80. The SMILES string of the molecule is COc1cc(CNc2ccc(Cl)cc2F)ccc1O. The number of nitrogens with one attached hydrogen (secondary N) is 1. The molecule has 5 heteroatoms. The van der Waals surface area contributed by atoms with E-state index < -0.39 is 5.82 Å². The van der Waals surface area contributed by atoms with Gasteiger partial charge in [-0.15, -0.1) is 0 Å². The molecule has 0 aliphatic heterocycles. The number of anilines is 1. The zero-order chi connectivity index (χ0) is 13.8. The van der Waals surface area contributed by atoms with Crippen molar-refractivity contribution in [2.24, 2.45) is 0 Å². The zero-order valence-corrected chi connectivity index (χ0v) is 11.0. The molecule has 0 bridgehead atoms. The van der Waals surface area contributed by atoms with E-state index in [9.17, 15) is 9.50 Å². The van der Waals surface area contributed by atoms with E-state index in [1.807, 2.05) is 0 Å². The topological polar surface area (TPSA) is 41.5 Å². The van der Waals surface area contributed by atoms with Crippen molar-refractivity contribution in [3.8, 4) is 11.5 Å². The van der Waals surface area contributed by atoms with Crippen LogP contribution in [0.15, 0.2) is 36.4 Å². The van der Waals surface area contributed by atoms with Gasteiger partial charge < -0.3 is 15.2 Å². The molecular formula is C14H13ClFNO2. The Hall–Kier alpha value is -1.94. The van der Waals surface area contributed by atoms with Crippen molar-refractivity contribution in [2.45, 2.75) is 6.54 Å². The van der Waals surface area contributed by atoms with Crippen LogP contribution >= 0.6 is 11.6 Å². The number of methoxy groups -OCH3 is 1. The summed E-state index contributed by atoms with van der Waals surface area (Å²) in [7, 11) is 1.48. The monoisotopic (exact) mass is 281 g/mol. The van der Waals surface area contributed by atoms with Gasteiger partial charge in [0.1, 0.15) is 5.82 Å². The van der Waals surface area contributed by atoms with Gasteiger partial charge in [0.05, 0.1) is 12.8 Å². The first-order valence-electron chi connectivity index (χ1n) is 5.65. The van der Waals surface area contributed by atoms with E-state index >= 15 is 0 Å². The molecule has 0 aliphatic rings. The highest BCUT2D eigenvalue weighted by Gasteiger charge is 2.05. The summed E-state index contributed by atoms with van der Waals surface area (Å²) >= 11 is 5.68. The third-order valence-corrected chi connectivity index (χ3v) is 2.89. The lowest BCUT2D eigenvalue weighted by Gasteiger charge is -2.10. The molecule has 0 aromatic heterocycles. The summed E-state index contributed by atoms with van der Waals surface area (Å²) in [4.78, 5) is 0. The summed E-state index contributed by atoms with van der Waals surface area (Å²) in [6.45, 7) is 0.412. The number of phenols is 1. The molecule has 0 radical (unpaired) electrons. The highest BCUT2D eigenvalue weighted by molar-refractivity contribution is 6.30. The van der Waals surface area contributed by atoms with Gasteiger partial charge in [0.15, 0.2) is 11.5 Å². The Kier molecular flexibility index (Phi) is 4.12. The molecule has 100 valence electrons. The van der Waals surface area contributed by atoms with Gasteiger partial charge in [0.2, 0.25) is 0 Å². The van der Waals surface area contributed by atoms with Gasteiger partial charge in [0, 0.05) is 11.6 Å². The van der Waals surface area contributed by atoms with E-state index in [1.165, 1.54) is 19.2 Å². The van der Waals surface area contributed by atoms with Gasteiger partial charge in [-0.1, -0.05) is 17.7 Å². The number of rotatable bonds is 4. The van der Waals surface area contributed by atoms with Gasteiger partial charge in [0.25, 0.3) is 0 Å². The molecule has 2 N–H and O–H groups in total. The molecule has 3 nitrogen and oxygen atoms in total. The van der Waals surface area contributed by atoms with E-state index in [0.29, 0.717) is 23.0 Å². The maximum atomic E-state index is 13.6. The molecule has 2 aromatic carbocycles.